The minimum atomic E-state index is -0.334. The molecule has 154 valence electrons. The summed E-state index contributed by atoms with van der Waals surface area (Å²) in [6, 6.07) is 18.9. The maximum Gasteiger partial charge on any atom is 0.259 e. The van der Waals surface area contributed by atoms with E-state index in [4.69, 9.17) is 4.74 Å². The van der Waals surface area contributed by atoms with E-state index in [1.807, 2.05) is 35.0 Å². The van der Waals surface area contributed by atoms with Crippen molar-refractivity contribution in [1.82, 2.24) is 14.8 Å². The summed E-state index contributed by atoms with van der Waals surface area (Å²) < 4.78 is 20.4. The quantitative estimate of drug-likeness (QED) is 0.463. The predicted octanol–water partition coefficient (Wildman–Crippen LogP) is 5.33. The number of para-hydroxylation sites is 1. The summed E-state index contributed by atoms with van der Waals surface area (Å²) >= 11 is 0. The first kappa shape index (κ1) is 19.0. The first-order valence-electron chi connectivity index (χ1n) is 10.0. The molecule has 0 atom stereocenters. The van der Waals surface area contributed by atoms with Gasteiger partial charge >= 0.3 is 0 Å². The van der Waals surface area contributed by atoms with Crippen LogP contribution in [0.1, 0.15) is 34.8 Å². The fraction of sp³-hybridized carbons (Fsp3) is 0.125. The summed E-state index contributed by atoms with van der Waals surface area (Å²) in [5.41, 5.74) is 2.99. The van der Waals surface area contributed by atoms with Gasteiger partial charge in [-0.15, -0.1) is 0 Å². The lowest BCUT2D eigenvalue weighted by atomic mass is 10.1. The van der Waals surface area contributed by atoms with Gasteiger partial charge < -0.3 is 10.1 Å². The van der Waals surface area contributed by atoms with Crippen LogP contribution in [-0.4, -0.2) is 20.7 Å². The molecule has 0 aliphatic heterocycles. The second-order valence-electron chi connectivity index (χ2n) is 7.36. The fourth-order valence-electron chi connectivity index (χ4n) is 3.39. The number of nitrogens with zero attached hydrogens (tertiary/aromatic N) is 3. The van der Waals surface area contributed by atoms with Gasteiger partial charge in [0.25, 0.3) is 5.91 Å². The van der Waals surface area contributed by atoms with Crippen molar-refractivity contribution in [1.29, 1.82) is 0 Å². The number of nitrogens with one attached hydrogen (secondary N) is 1. The van der Waals surface area contributed by atoms with Gasteiger partial charge in [0, 0.05) is 12.0 Å². The Morgan fingerprint density at radius 3 is 2.45 bits per heavy atom. The first-order valence-corrected chi connectivity index (χ1v) is 10.0. The molecule has 7 heteroatoms. The van der Waals surface area contributed by atoms with Crippen LogP contribution in [0.4, 0.5) is 10.1 Å². The Morgan fingerprint density at radius 2 is 1.77 bits per heavy atom. The molecule has 1 aliphatic rings. The van der Waals surface area contributed by atoms with E-state index in [-0.39, 0.29) is 11.7 Å². The van der Waals surface area contributed by atoms with Crippen LogP contribution in [0.5, 0.6) is 11.6 Å². The smallest absolute Gasteiger partial charge is 0.259 e. The number of hydrogen-bond acceptors (Lipinski definition) is 4. The number of hydrogen-bond donors (Lipinski definition) is 1. The molecule has 0 spiro atoms. The van der Waals surface area contributed by atoms with Gasteiger partial charge in [0.15, 0.2) is 0 Å². The zero-order valence-electron chi connectivity index (χ0n) is 16.5. The molecule has 4 aromatic rings. The van der Waals surface area contributed by atoms with Crippen LogP contribution in [0.25, 0.3) is 5.69 Å². The molecular formula is C24H19FN4O2. The normalized spacial score (nSPS) is 13.1. The van der Waals surface area contributed by atoms with Crippen LogP contribution in [0.2, 0.25) is 0 Å². The number of anilines is 1. The van der Waals surface area contributed by atoms with Gasteiger partial charge in [-0.3, -0.25) is 4.79 Å². The van der Waals surface area contributed by atoms with E-state index in [2.05, 4.69) is 15.4 Å². The number of rotatable bonds is 6. The van der Waals surface area contributed by atoms with Gasteiger partial charge in [-0.2, -0.15) is 5.10 Å². The van der Waals surface area contributed by atoms with Crippen molar-refractivity contribution >= 4 is 11.6 Å². The average molecular weight is 414 g/mol. The second kappa shape index (κ2) is 8.02. The summed E-state index contributed by atoms with van der Waals surface area (Å²) in [4.78, 5) is 17.2. The average Bonchev–Trinajstić information content (AvgIpc) is 3.54. The molecule has 2 aromatic heterocycles. The lowest BCUT2D eigenvalue weighted by Crippen LogP contribution is -2.14. The molecule has 0 radical (unpaired) electrons. The third kappa shape index (κ3) is 4.16. The molecule has 0 saturated heterocycles. The van der Waals surface area contributed by atoms with Crippen molar-refractivity contribution in [2.24, 2.45) is 0 Å². The summed E-state index contributed by atoms with van der Waals surface area (Å²) in [5.74, 6) is 0.610. The molecular weight excluding hydrogens is 395 g/mol. The number of ether oxygens (including phenoxy) is 1. The molecule has 31 heavy (non-hydrogen) atoms. The van der Waals surface area contributed by atoms with Crippen molar-refractivity contribution in [3.63, 3.8) is 0 Å². The molecule has 2 aromatic carbocycles. The van der Waals surface area contributed by atoms with E-state index in [0.717, 1.165) is 24.2 Å². The number of amides is 1. The van der Waals surface area contributed by atoms with Crippen molar-refractivity contribution in [3.8, 4) is 17.3 Å². The zero-order chi connectivity index (χ0) is 21.2. The number of carbonyl (C=O) groups is 1. The van der Waals surface area contributed by atoms with Crippen molar-refractivity contribution in [3.05, 3.63) is 96.2 Å². The van der Waals surface area contributed by atoms with Crippen molar-refractivity contribution in [2.45, 2.75) is 18.8 Å². The van der Waals surface area contributed by atoms with E-state index in [0.29, 0.717) is 28.8 Å². The largest absolute Gasteiger partial charge is 0.439 e. The van der Waals surface area contributed by atoms with E-state index in [9.17, 15) is 9.18 Å². The maximum absolute atomic E-state index is 13.0. The molecule has 0 bridgehead atoms. The molecule has 1 aliphatic carbocycles. The lowest BCUT2D eigenvalue weighted by Gasteiger charge is -2.10. The first-order chi connectivity index (χ1) is 15.2. The monoisotopic (exact) mass is 414 g/mol. The number of carbonyl (C=O) groups excluding carboxylic acids is 1. The highest BCUT2D eigenvalue weighted by atomic mass is 19.1. The molecule has 1 saturated carbocycles. The van der Waals surface area contributed by atoms with E-state index in [1.54, 1.807) is 18.3 Å². The highest BCUT2D eigenvalue weighted by molar-refractivity contribution is 6.05. The van der Waals surface area contributed by atoms with E-state index < -0.39 is 0 Å². The highest BCUT2D eigenvalue weighted by Crippen LogP contribution is 2.42. The van der Waals surface area contributed by atoms with Crippen molar-refractivity contribution < 1.29 is 13.9 Å². The molecule has 0 unspecified atom stereocenters. The summed E-state index contributed by atoms with van der Waals surface area (Å²) in [7, 11) is 0. The Kier molecular flexibility index (Phi) is 4.92. The predicted molar refractivity (Wildman–Crippen MR) is 114 cm³/mol. The Labute approximate surface area is 178 Å². The summed E-state index contributed by atoms with van der Waals surface area (Å²) in [6.45, 7) is 0. The molecule has 1 fully saturated rings. The third-order valence-electron chi connectivity index (χ3n) is 5.05. The van der Waals surface area contributed by atoms with Gasteiger partial charge in [0.1, 0.15) is 11.6 Å². The number of pyridine rings is 1. The lowest BCUT2D eigenvalue weighted by molar-refractivity contribution is 0.102. The second-order valence-corrected chi connectivity index (χ2v) is 7.36. The number of benzene rings is 2. The number of aromatic nitrogens is 3. The van der Waals surface area contributed by atoms with Gasteiger partial charge in [0.2, 0.25) is 5.88 Å². The number of halogens is 1. The van der Waals surface area contributed by atoms with Gasteiger partial charge in [0.05, 0.1) is 35.0 Å². The van der Waals surface area contributed by atoms with Crippen LogP contribution in [-0.2, 0) is 0 Å². The molecule has 1 N–H and O–H groups in total. The Hall–Kier alpha value is -4.00. The van der Waals surface area contributed by atoms with E-state index in [1.165, 1.54) is 30.5 Å². The van der Waals surface area contributed by atoms with Crippen LogP contribution in [0.3, 0.4) is 0 Å². The van der Waals surface area contributed by atoms with Crippen LogP contribution in [0.15, 0.2) is 79.1 Å². The van der Waals surface area contributed by atoms with Gasteiger partial charge in [-0.25, -0.2) is 14.1 Å². The molecule has 5 rings (SSSR count). The molecule has 6 nitrogen and oxygen atoms in total. The Bertz CT molecular complexity index is 1200. The Morgan fingerprint density at radius 1 is 1.00 bits per heavy atom. The zero-order valence-corrected chi connectivity index (χ0v) is 16.5. The molecule has 1 amide bonds. The highest BCUT2D eigenvalue weighted by Gasteiger charge is 2.33. The summed E-state index contributed by atoms with van der Waals surface area (Å²) in [6.07, 6.45) is 5.25. The SMILES string of the molecule is O=C(Nc1ccc(Oc2ccc(F)cc2)nc1)c1cnn(-c2ccccc2)c1C1CC1. The van der Waals surface area contributed by atoms with Crippen LogP contribution in [0, 0.1) is 5.82 Å². The third-order valence-corrected chi connectivity index (χ3v) is 5.05. The minimum Gasteiger partial charge on any atom is -0.439 e. The maximum atomic E-state index is 13.0. The van der Waals surface area contributed by atoms with Crippen LogP contribution >= 0.6 is 0 Å². The van der Waals surface area contributed by atoms with Gasteiger partial charge in [-0.1, -0.05) is 18.2 Å². The fourth-order valence-corrected chi connectivity index (χ4v) is 3.39. The minimum absolute atomic E-state index is 0.224. The summed E-state index contributed by atoms with van der Waals surface area (Å²) in [5, 5.41) is 7.36. The van der Waals surface area contributed by atoms with Crippen molar-refractivity contribution in [2.75, 3.05) is 5.32 Å². The standard InChI is InChI=1S/C24H19FN4O2/c25-17-8-11-20(12-9-17)31-22-13-10-18(14-26-22)28-24(30)21-15-27-29(23(21)16-6-7-16)19-4-2-1-3-5-19/h1-5,8-16H,6-7H2,(H,28,30). The van der Waals surface area contributed by atoms with Crippen LogP contribution < -0.4 is 10.1 Å². The Balaban J connectivity index is 1.32. The van der Waals surface area contributed by atoms with E-state index >= 15 is 0 Å². The van der Waals surface area contributed by atoms with Gasteiger partial charge in [-0.05, 0) is 55.3 Å². The molecule has 2 heterocycles. The topological polar surface area (TPSA) is 69.0 Å².